The molecule has 2 rings (SSSR count). The number of hydrogen-bond acceptors (Lipinski definition) is 2. The van der Waals surface area contributed by atoms with Crippen LogP contribution in [0.4, 0.5) is 0 Å². The largest absolute Gasteiger partial charge is 0.267 e. The molecule has 0 saturated heterocycles. The van der Waals surface area contributed by atoms with Crippen LogP contribution in [0.15, 0.2) is 6.07 Å². The van der Waals surface area contributed by atoms with E-state index in [-0.39, 0.29) is 0 Å². The second kappa shape index (κ2) is 2.70. The molecule has 68 valence electrons. The number of halogens is 1. The maximum absolute atomic E-state index is 5.85. The van der Waals surface area contributed by atoms with Crippen LogP contribution in [0.2, 0.25) is 5.15 Å². The molecule has 0 aliphatic rings. The molecule has 2 aromatic rings. The summed E-state index contributed by atoms with van der Waals surface area (Å²) in [6.07, 6.45) is 0. The summed E-state index contributed by atoms with van der Waals surface area (Å²) in [6, 6.07) is 1.84. The average Bonchev–Trinajstić information content (AvgIpc) is 2.27. The van der Waals surface area contributed by atoms with Crippen LogP contribution in [-0.4, -0.2) is 14.8 Å². The van der Waals surface area contributed by atoms with Gasteiger partial charge in [-0.3, -0.25) is 4.68 Å². The van der Waals surface area contributed by atoms with Gasteiger partial charge in [-0.2, -0.15) is 5.10 Å². The van der Waals surface area contributed by atoms with E-state index in [0.29, 0.717) is 5.15 Å². The van der Waals surface area contributed by atoms with Crippen LogP contribution in [0.3, 0.4) is 0 Å². The first-order valence-electron chi connectivity index (χ1n) is 4.06. The molecule has 0 aliphatic heterocycles. The molecule has 0 aromatic carbocycles. The first-order valence-corrected chi connectivity index (χ1v) is 4.44. The molecule has 0 spiro atoms. The molecule has 2 heterocycles. The molecular weight excluding hydrogens is 186 g/mol. The van der Waals surface area contributed by atoms with Crippen molar-refractivity contribution in [2.75, 3.05) is 0 Å². The Balaban J connectivity index is 2.97. The normalized spacial score (nSPS) is 11.1. The second-order valence-electron chi connectivity index (χ2n) is 3.13. The van der Waals surface area contributed by atoms with Crippen molar-refractivity contribution in [2.24, 2.45) is 7.05 Å². The van der Waals surface area contributed by atoms with Crippen LogP contribution in [0.25, 0.3) is 10.9 Å². The van der Waals surface area contributed by atoms with Gasteiger partial charge in [-0.25, -0.2) is 4.98 Å². The lowest BCUT2D eigenvalue weighted by molar-refractivity contribution is 0.783. The summed E-state index contributed by atoms with van der Waals surface area (Å²) in [4.78, 5) is 4.19. The molecule has 13 heavy (non-hydrogen) atoms. The molecule has 2 aromatic heterocycles. The highest BCUT2D eigenvalue weighted by Crippen LogP contribution is 2.22. The van der Waals surface area contributed by atoms with E-state index in [1.54, 1.807) is 0 Å². The zero-order valence-electron chi connectivity index (χ0n) is 7.80. The van der Waals surface area contributed by atoms with Gasteiger partial charge in [0.2, 0.25) is 0 Å². The number of hydrogen-bond donors (Lipinski definition) is 0. The van der Waals surface area contributed by atoms with Crippen LogP contribution in [0, 0.1) is 13.8 Å². The summed E-state index contributed by atoms with van der Waals surface area (Å²) in [7, 11) is 1.91. The molecule has 0 amide bonds. The standard InChI is InChI=1S/C9H10ClN3/c1-5-9-6(2)12-13(3)7(9)4-8(10)11-5/h4H,1-3H3. The molecule has 0 saturated carbocycles. The van der Waals surface area contributed by atoms with Crippen molar-refractivity contribution in [1.29, 1.82) is 0 Å². The molecule has 0 N–H and O–H groups in total. The number of aromatic nitrogens is 3. The third-order valence-electron chi connectivity index (χ3n) is 2.16. The Kier molecular flexibility index (Phi) is 1.77. The van der Waals surface area contributed by atoms with Crippen LogP contribution in [-0.2, 0) is 7.05 Å². The first-order chi connectivity index (χ1) is 6.09. The second-order valence-corrected chi connectivity index (χ2v) is 3.52. The predicted octanol–water partition coefficient (Wildman–Crippen LogP) is 2.24. The van der Waals surface area contributed by atoms with Gasteiger partial charge in [-0.05, 0) is 13.8 Å². The Labute approximate surface area is 81.3 Å². The molecule has 3 nitrogen and oxygen atoms in total. The van der Waals surface area contributed by atoms with Crippen molar-refractivity contribution in [2.45, 2.75) is 13.8 Å². The van der Waals surface area contributed by atoms with Gasteiger partial charge in [0.25, 0.3) is 0 Å². The van der Waals surface area contributed by atoms with Crippen molar-refractivity contribution in [3.05, 3.63) is 22.6 Å². The van der Waals surface area contributed by atoms with E-state index in [2.05, 4.69) is 10.1 Å². The fourth-order valence-corrected chi connectivity index (χ4v) is 1.88. The number of fused-ring (bicyclic) bond motifs is 1. The number of nitrogens with zero attached hydrogens (tertiary/aromatic N) is 3. The Morgan fingerprint density at radius 2 is 2.00 bits per heavy atom. The van der Waals surface area contributed by atoms with Gasteiger partial charge in [0.15, 0.2) is 0 Å². The minimum Gasteiger partial charge on any atom is -0.267 e. The smallest absolute Gasteiger partial charge is 0.131 e. The van der Waals surface area contributed by atoms with E-state index in [0.717, 1.165) is 22.3 Å². The van der Waals surface area contributed by atoms with Crippen molar-refractivity contribution in [1.82, 2.24) is 14.8 Å². The number of rotatable bonds is 0. The molecule has 0 bridgehead atoms. The third kappa shape index (κ3) is 1.20. The Morgan fingerprint density at radius 1 is 1.31 bits per heavy atom. The summed E-state index contributed by atoms with van der Waals surface area (Å²) in [5.74, 6) is 0. The minimum absolute atomic E-state index is 0.521. The Bertz CT molecular complexity index is 473. The molecule has 0 unspecified atom stereocenters. The summed E-state index contributed by atoms with van der Waals surface area (Å²) in [5.41, 5.74) is 2.97. The maximum atomic E-state index is 5.85. The van der Waals surface area contributed by atoms with Crippen molar-refractivity contribution >= 4 is 22.5 Å². The first kappa shape index (κ1) is 8.51. The highest BCUT2D eigenvalue weighted by atomic mass is 35.5. The lowest BCUT2D eigenvalue weighted by Gasteiger charge is -1.98. The monoisotopic (exact) mass is 195 g/mol. The Hall–Kier alpha value is -1.09. The topological polar surface area (TPSA) is 30.7 Å². The van der Waals surface area contributed by atoms with Crippen LogP contribution < -0.4 is 0 Å². The van der Waals surface area contributed by atoms with E-state index in [1.807, 2.05) is 31.6 Å². The van der Waals surface area contributed by atoms with Crippen LogP contribution >= 0.6 is 11.6 Å². The van der Waals surface area contributed by atoms with Gasteiger partial charge >= 0.3 is 0 Å². The van der Waals surface area contributed by atoms with Gasteiger partial charge < -0.3 is 0 Å². The highest BCUT2D eigenvalue weighted by Gasteiger charge is 2.09. The van der Waals surface area contributed by atoms with Crippen molar-refractivity contribution in [3.63, 3.8) is 0 Å². The zero-order chi connectivity index (χ0) is 9.59. The highest BCUT2D eigenvalue weighted by molar-refractivity contribution is 6.30. The van der Waals surface area contributed by atoms with E-state index in [9.17, 15) is 0 Å². The van der Waals surface area contributed by atoms with Gasteiger partial charge in [-0.15, -0.1) is 0 Å². The quantitative estimate of drug-likeness (QED) is 0.604. The van der Waals surface area contributed by atoms with Gasteiger partial charge in [0, 0.05) is 18.5 Å². The zero-order valence-corrected chi connectivity index (χ0v) is 8.55. The summed E-state index contributed by atoms with van der Waals surface area (Å²) in [6.45, 7) is 3.92. The maximum Gasteiger partial charge on any atom is 0.131 e. The van der Waals surface area contributed by atoms with Gasteiger partial charge in [0.05, 0.1) is 16.9 Å². The van der Waals surface area contributed by atoms with Crippen LogP contribution in [0.1, 0.15) is 11.4 Å². The van der Waals surface area contributed by atoms with E-state index in [1.165, 1.54) is 0 Å². The van der Waals surface area contributed by atoms with E-state index >= 15 is 0 Å². The molecule has 0 aliphatic carbocycles. The molecule has 4 heteroatoms. The summed E-state index contributed by atoms with van der Waals surface area (Å²) in [5, 5.41) is 5.94. The fraction of sp³-hybridized carbons (Fsp3) is 0.333. The molecule has 0 fully saturated rings. The van der Waals surface area contributed by atoms with E-state index < -0.39 is 0 Å². The predicted molar refractivity (Wildman–Crippen MR) is 53.0 cm³/mol. The molecule has 0 radical (unpaired) electrons. The summed E-state index contributed by atoms with van der Waals surface area (Å²) < 4.78 is 1.82. The Morgan fingerprint density at radius 3 is 2.69 bits per heavy atom. The number of pyridine rings is 1. The molecular formula is C9H10ClN3. The van der Waals surface area contributed by atoms with Gasteiger partial charge in [-0.1, -0.05) is 11.6 Å². The van der Waals surface area contributed by atoms with Crippen molar-refractivity contribution < 1.29 is 0 Å². The van der Waals surface area contributed by atoms with Crippen LogP contribution in [0.5, 0.6) is 0 Å². The summed E-state index contributed by atoms with van der Waals surface area (Å²) >= 11 is 5.85. The lowest BCUT2D eigenvalue weighted by atomic mass is 10.2. The fourth-order valence-electron chi connectivity index (χ4n) is 1.65. The lowest BCUT2D eigenvalue weighted by Crippen LogP contribution is -1.90. The average molecular weight is 196 g/mol. The van der Waals surface area contributed by atoms with Gasteiger partial charge in [0.1, 0.15) is 5.15 Å². The minimum atomic E-state index is 0.521. The number of aryl methyl sites for hydroxylation is 3. The van der Waals surface area contributed by atoms with E-state index in [4.69, 9.17) is 11.6 Å². The SMILES string of the molecule is Cc1nc(Cl)cc2c1c(C)nn2C. The van der Waals surface area contributed by atoms with Crippen molar-refractivity contribution in [3.8, 4) is 0 Å². The third-order valence-corrected chi connectivity index (χ3v) is 2.35. The molecule has 0 atom stereocenters.